The molecule has 1 aromatic heterocycles. The number of carbonyl (C=O) groups is 1. The van der Waals surface area contributed by atoms with Crippen molar-refractivity contribution in [1.29, 1.82) is 0 Å². The summed E-state index contributed by atoms with van der Waals surface area (Å²) in [5.41, 5.74) is 0.804. The van der Waals surface area contributed by atoms with Crippen LogP contribution in [0.1, 0.15) is 21.6 Å². The van der Waals surface area contributed by atoms with Gasteiger partial charge in [0.15, 0.2) is 5.69 Å². The summed E-state index contributed by atoms with van der Waals surface area (Å²) in [4.78, 5) is 17.1. The molecule has 2 heterocycles. The molecule has 0 unspecified atom stereocenters. The number of halogens is 3. The molecule has 174 valence electrons. The van der Waals surface area contributed by atoms with E-state index in [1.54, 1.807) is 24.3 Å². The minimum absolute atomic E-state index is 0.253. The quantitative estimate of drug-likeness (QED) is 0.613. The van der Waals surface area contributed by atoms with Crippen LogP contribution in [0.4, 0.5) is 18.9 Å². The zero-order valence-corrected chi connectivity index (χ0v) is 18.3. The Hall–Kier alpha value is -3.33. The van der Waals surface area contributed by atoms with Crippen molar-refractivity contribution in [1.82, 2.24) is 20.0 Å². The minimum atomic E-state index is -4.72. The van der Waals surface area contributed by atoms with Gasteiger partial charge in [-0.1, -0.05) is 35.9 Å². The smallest absolute Gasteiger partial charge is 0.369 e. The van der Waals surface area contributed by atoms with Crippen molar-refractivity contribution in [2.75, 3.05) is 44.2 Å². The second-order valence-electron chi connectivity index (χ2n) is 8.07. The van der Waals surface area contributed by atoms with E-state index in [1.165, 1.54) is 5.69 Å². The van der Waals surface area contributed by atoms with Gasteiger partial charge >= 0.3 is 6.18 Å². The predicted octanol–water partition coefficient (Wildman–Crippen LogP) is 3.75. The molecule has 6 nitrogen and oxygen atoms in total. The summed E-state index contributed by atoms with van der Waals surface area (Å²) in [7, 11) is 0. The first-order valence-corrected chi connectivity index (χ1v) is 10.9. The summed E-state index contributed by atoms with van der Waals surface area (Å²) in [5, 5.41) is 6.49. The van der Waals surface area contributed by atoms with E-state index in [0.29, 0.717) is 6.54 Å². The highest BCUT2D eigenvalue weighted by Gasteiger charge is 2.40. The van der Waals surface area contributed by atoms with E-state index in [0.717, 1.165) is 42.6 Å². The number of nitrogens with one attached hydrogen (secondary N) is 1. The second kappa shape index (κ2) is 9.66. The van der Waals surface area contributed by atoms with Gasteiger partial charge in [0, 0.05) is 45.0 Å². The molecule has 1 aliphatic rings. The Labute approximate surface area is 190 Å². The number of anilines is 1. The normalized spacial score (nSPS) is 15.0. The van der Waals surface area contributed by atoms with Crippen molar-refractivity contribution in [2.45, 2.75) is 13.1 Å². The zero-order chi connectivity index (χ0) is 23.4. The fraction of sp³-hybridized carbons (Fsp3) is 0.333. The number of aromatic nitrogens is 2. The van der Waals surface area contributed by atoms with Crippen LogP contribution in [0.15, 0.2) is 60.8 Å². The highest BCUT2D eigenvalue weighted by molar-refractivity contribution is 5.95. The number of aryl methyl sites for hydroxylation is 1. The van der Waals surface area contributed by atoms with Crippen LogP contribution in [0.3, 0.4) is 0 Å². The van der Waals surface area contributed by atoms with Crippen molar-refractivity contribution in [2.24, 2.45) is 0 Å². The molecule has 0 aliphatic carbocycles. The molecular formula is C24H26F3N5O. The van der Waals surface area contributed by atoms with Crippen LogP contribution in [-0.4, -0.2) is 59.9 Å². The Balaban J connectivity index is 1.36. The number of nitrogens with zero attached hydrogens (tertiary/aromatic N) is 4. The number of alkyl halides is 3. The van der Waals surface area contributed by atoms with Crippen molar-refractivity contribution < 1.29 is 18.0 Å². The molecule has 1 fully saturated rings. The maximum atomic E-state index is 13.8. The van der Waals surface area contributed by atoms with Gasteiger partial charge in [0.2, 0.25) is 0 Å². The van der Waals surface area contributed by atoms with E-state index in [1.807, 2.05) is 25.1 Å². The van der Waals surface area contributed by atoms with Gasteiger partial charge in [-0.2, -0.15) is 18.3 Å². The van der Waals surface area contributed by atoms with Crippen LogP contribution in [-0.2, 0) is 6.18 Å². The molecule has 9 heteroatoms. The van der Waals surface area contributed by atoms with Crippen LogP contribution >= 0.6 is 0 Å². The first-order valence-electron chi connectivity index (χ1n) is 10.9. The van der Waals surface area contributed by atoms with Crippen LogP contribution in [0.5, 0.6) is 0 Å². The molecule has 0 atom stereocenters. The van der Waals surface area contributed by atoms with E-state index in [9.17, 15) is 18.0 Å². The number of rotatable bonds is 6. The van der Waals surface area contributed by atoms with Gasteiger partial charge in [0.05, 0.1) is 17.4 Å². The van der Waals surface area contributed by atoms with Crippen molar-refractivity contribution in [3.8, 4) is 5.69 Å². The molecular weight excluding hydrogens is 431 g/mol. The van der Waals surface area contributed by atoms with Crippen molar-refractivity contribution in [3.05, 3.63) is 77.6 Å². The fourth-order valence-corrected chi connectivity index (χ4v) is 3.96. The van der Waals surface area contributed by atoms with E-state index in [-0.39, 0.29) is 12.2 Å². The molecule has 0 saturated carbocycles. The van der Waals surface area contributed by atoms with Crippen LogP contribution in [0.2, 0.25) is 0 Å². The lowest BCUT2D eigenvalue weighted by atomic mass is 10.2. The van der Waals surface area contributed by atoms with Gasteiger partial charge < -0.3 is 10.2 Å². The third-order valence-corrected chi connectivity index (χ3v) is 5.77. The van der Waals surface area contributed by atoms with Crippen molar-refractivity contribution >= 4 is 11.6 Å². The Morgan fingerprint density at radius 1 is 0.970 bits per heavy atom. The highest BCUT2D eigenvalue weighted by Crippen LogP contribution is 2.33. The molecule has 2 aromatic carbocycles. The molecule has 0 bridgehead atoms. The summed E-state index contributed by atoms with van der Waals surface area (Å²) in [6.45, 7) is 6.05. The third-order valence-electron chi connectivity index (χ3n) is 5.77. The molecule has 33 heavy (non-hydrogen) atoms. The summed E-state index contributed by atoms with van der Waals surface area (Å²) >= 11 is 0. The summed E-state index contributed by atoms with van der Waals surface area (Å²) in [6, 6.07) is 16.7. The minimum Gasteiger partial charge on any atom is -0.369 e. The topological polar surface area (TPSA) is 53.4 Å². The second-order valence-corrected chi connectivity index (χ2v) is 8.07. The average molecular weight is 458 g/mol. The van der Waals surface area contributed by atoms with E-state index >= 15 is 0 Å². The monoisotopic (exact) mass is 457 g/mol. The summed E-state index contributed by atoms with van der Waals surface area (Å²) < 4.78 is 42.2. The molecule has 1 saturated heterocycles. The molecule has 0 spiro atoms. The summed E-state index contributed by atoms with van der Waals surface area (Å²) in [5.74, 6) is -0.774. The number of hydrogen-bond donors (Lipinski definition) is 1. The number of benzene rings is 2. The number of hydrogen-bond acceptors (Lipinski definition) is 4. The number of carbonyl (C=O) groups excluding carboxylic acids is 1. The van der Waals surface area contributed by atoms with E-state index in [2.05, 4.69) is 32.3 Å². The molecule has 0 radical (unpaired) electrons. The van der Waals surface area contributed by atoms with E-state index in [4.69, 9.17) is 0 Å². The first-order chi connectivity index (χ1) is 15.8. The lowest BCUT2D eigenvalue weighted by Gasteiger charge is -2.36. The van der Waals surface area contributed by atoms with Crippen molar-refractivity contribution in [3.63, 3.8) is 0 Å². The lowest BCUT2D eigenvalue weighted by molar-refractivity contribution is -0.143. The number of para-hydroxylation sites is 1. The number of amides is 1. The number of piperazine rings is 1. The van der Waals surface area contributed by atoms with Crippen LogP contribution < -0.4 is 10.2 Å². The van der Waals surface area contributed by atoms with Gasteiger partial charge in [0.25, 0.3) is 5.91 Å². The Bertz CT molecular complexity index is 1070. The third kappa shape index (κ3) is 5.36. The van der Waals surface area contributed by atoms with Gasteiger partial charge in [-0.25, -0.2) is 4.68 Å². The standard InChI is InChI=1S/C24H26F3N5O/c1-18-7-9-20(10-8-18)32-22(24(25,26)27)21(17-29-32)23(33)28-11-12-30-13-15-31(16-14-30)19-5-3-2-4-6-19/h2-10,17H,11-16H2,1H3,(H,28,33). The maximum Gasteiger partial charge on any atom is 0.434 e. The van der Waals surface area contributed by atoms with Crippen LogP contribution in [0, 0.1) is 6.92 Å². The largest absolute Gasteiger partial charge is 0.434 e. The fourth-order valence-electron chi connectivity index (χ4n) is 3.96. The average Bonchev–Trinajstić information content (AvgIpc) is 3.27. The van der Waals surface area contributed by atoms with Gasteiger partial charge in [-0.3, -0.25) is 9.69 Å². The van der Waals surface area contributed by atoms with Crippen LogP contribution in [0.25, 0.3) is 5.69 Å². The molecule has 1 N–H and O–H groups in total. The van der Waals surface area contributed by atoms with Gasteiger partial charge in [-0.05, 0) is 31.2 Å². The molecule has 1 amide bonds. The lowest BCUT2D eigenvalue weighted by Crippen LogP contribution is -2.48. The Kier molecular flexibility index (Phi) is 6.69. The molecule has 1 aliphatic heterocycles. The van der Waals surface area contributed by atoms with E-state index < -0.39 is 23.3 Å². The molecule has 3 aromatic rings. The first kappa shape index (κ1) is 22.8. The Morgan fingerprint density at radius 2 is 1.64 bits per heavy atom. The highest BCUT2D eigenvalue weighted by atomic mass is 19.4. The summed E-state index contributed by atoms with van der Waals surface area (Å²) in [6.07, 6.45) is -3.74. The molecule has 4 rings (SSSR count). The Morgan fingerprint density at radius 3 is 2.27 bits per heavy atom. The zero-order valence-electron chi connectivity index (χ0n) is 18.3. The SMILES string of the molecule is Cc1ccc(-n2ncc(C(=O)NCCN3CCN(c4ccccc4)CC3)c2C(F)(F)F)cc1. The maximum absolute atomic E-state index is 13.8. The van der Waals surface area contributed by atoms with Gasteiger partial charge in [0.1, 0.15) is 0 Å². The predicted molar refractivity (Wildman–Crippen MR) is 121 cm³/mol. The van der Waals surface area contributed by atoms with Gasteiger partial charge in [-0.15, -0.1) is 0 Å².